The lowest BCUT2D eigenvalue weighted by molar-refractivity contribution is -0.146. The van der Waals surface area contributed by atoms with Crippen molar-refractivity contribution < 1.29 is 27.9 Å². The maximum atomic E-state index is 13.1. The summed E-state index contributed by atoms with van der Waals surface area (Å²) in [6.45, 7) is 0.630. The number of hydrogen-bond acceptors (Lipinski definition) is 2. The molecule has 4 nitrogen and oxygen atoms in total. The number of nitrogens with zero attached hydrogens (tertiary/aromatic N) is 1. The lowest BCUT2D eigenvalue weighted by atomic mass is 9.97. The summed E-state index contributed by atoms with van der Waals surface area (Å²) in [6.07, 6.45) is -2.91. The van der Waals surface area contributed by atoms with E-state index >= 15 is 0 Å². The number of amides is 1. The summed E-state index contributed by atoms with van der Waals surface area (Å²) in [5.41, 5.74) is -0.525. The number of rotatable bonds is 3. The van der Waals surface area contributed by atoms with Crippen LogP contribution in [0.3, 0.4) is 0 Å². The smallest absolute Gasteiger partial charge is 0.416 e. The van der Waals surface area contributed by atoms with Gasteiger partial charge in [0.2, 0.25) is 5.91 Å². The molecule has 1 aliphatic heterocycles. The summed E-state index contributed by atoms with van der Waals surface area (Å²) in [5, 5.41) is 9.08. The average molecular weight is 341 g/mol. The number of carboxylic acids is 1. The van der Waals surface area contributed by atoms with Crippen molar-refractivity contribution in [3.05, 3.63) is 35.4 Å². The number of carbonyl (C=O) groups is 2. The molecule has 3 atom stereocenters. The van der Waals surface area contributed by atoms with Gasteiger partial charge in [-0.1, -0.05) is 18.2 Å². The van der Waals surface area contributed by atoms with Crippen LogP contribution in [-0.2, 0) is 15.8 Å². The molecule has 1 saturated carbocycles. The van der Waals surface area contributed by atoms with Gasteiger partial charge in [0.1, 0.15) is 0 Å². The molecule has 130 valence electrons. The monoisotopic (exact) mass is 341 g/mol. The van der Waals surface area contributed by atoms with E-state index in [4.69, 9.17) is 5.11 Å². The predicted octanol–water partition coefficient (Wildman–Crippen LogP) is 3.13. The lowest BCUT2D eigenvalue weighted by Crippen LogP contribution is -2.43. The number of carboxylic acid groups (broad SMARTS) is 1. The van der Waals surface area contributed by atoms with E-state index in [0.29, 0.717) is 25.8 Å². The highest BCUT2D eigenvalue weighted by atomic mass is 19.4. The molecule has 0 bridgehead atoms. The summed E-state index contributed by atoms with van der Waals surface area (Å²) >= 11 is 0. The van der Waals surface area contributed by atoms with Gasteiger partial charge in [-0.15, -0.1) is 0 Å². The van der Waals surface area contributed by atoms with Crippen molar-refractivity contribution in [1.29, 1.82) is 0 Å². The Labute approximate surface area is 137 Å². The second-order valence-electron chi connectivity index (χ2n) is 6.50. The summed E-state index contributed by atoms with van der Waals surface area (Å²) in [7, 11) is 0. The molecule has 2 aliphatic rings. The van der Waals surface area contributed by atoms with Crippen molar-refractivity contribution in [2.45, 2.75) is 31.4 Å². The number of benzene rings is 1. The molecular weight excluding hydrogens is 323 g/mol. The fraction of sp³-hybridized carbons (Fsp3) is 0.529. The largest absolute Gasteiger partial charge is 0.481 e. The molecule has 1 saturated heterocycles. The van der Waals surface area contributed by atoms with E-state index in [1.54, 1.807) is 6.07 Å². The minimum absolute atomic E-state index is 0.151. The van der Waals surface area contributed by atoms with Crippen molar-refractivity contribution in [2.24, 2.45) is 11.8 Å². The molecule has 7 heteroatoms. The molecule has 1 aromatic carbocycles. The fourth-order valence-electron chi connectivity index (χ4n) is 3.50. The van der Waals surface area contributed by atoms with E-state index < -0.39 is 35.5 Å². The number of piperidine rings is 1. The molecule has 1 amide bonds. The van der Waals surface area contributed by atoms with Crippen molar-refractivity contribution >= 4 is 11.9 Å². The number of carbonyl (C=O) groups excluding carboxylic acids is 1. The van der Waals surface area contributed by atoms with Gasteiger partial charge in [0.05, 0.1) is 11.5 Å². The van der Waals surface area contributed by atoms with Crippen molar-refractivity contribution in [2.75, 3.05) is 13.1 Å². The molecule has 3 rings (SSSR count). The Balaban J connectivity index is 1.72. The number of aliphatic carboxylic acids is 1. The molecule has 1 aromatic rings. The minimum Gasteiger partial charge on any atom is -0.481 e. The van der Waals surface area contributed by atoms with Gasteiger partial charge in [0.15, 0.2) is 0 Å². The van der Waals surface area contributed by atoms with Gasteiger partial charge in [-0.3, -0.25) is 9.59 Å². The Hall–Kier alpha value is -2.05. The van der Waals surface area contributed by atoms with E-state index in [-0.39, 0.29) is 18.0 Å². The van der Waals surface area contributed by atoms with Crippen LogP contribution in [0.1, 0.15) is 36.3 Å². The third-order valence-electron chi connectivity index (χ3n) is 4.86. The first-order valence-electron chi connectivity index (χ1n) is 7.96. The average Bonchev–Trinajstić information content (AvgIpc) is 3.34. The highest BCUT2D eigenvalue weighted by molar-refractivity contribution is 5.84. The Morgan fingerprint density at radius 3 is 2.58 bits per heavy atom. The van der Waals surface area contributed by atoms with Gasteiger partial charge >= 0.3 is 12.1 Å². The van der Waals surface area contributed by atoms with E-state index in [0.717, 1.165) is 6.07 Å². The molecule has 0 unspecified atom stereocenters. The topological polar surface area (TPSA) is 57.6 Å². The van der Waals surface area contributed by atoms with Crippen LogP contribution in [0.25, 0.3) is 0 Å². The van der Waals surface area contributed by atoms with Crippen LogP contribution in [0.15, 0.2) is 24.3 Å². The van der Waals surface area contributed by atoms with Crippen LogP contribution in [0.5, 0.6) is 0 Å². The number of hydrogen-bond donors (Lipinski definition) is 1. The molecule has 1 aliphatic carbocycles. The molecule has 2 fully saturated rings. The summed E-state index contributed by atoms with van der Waals surface area (Å²) < 4.78 is 39.3. The first kappa shape index (κ1) is 16.8. The highest BCUT2D eigenvalue weighted by Crippen LogP contribution is 2.51. The molecule has 1 heterocycles. The van der Waals surface area contributed by atoms with Gasteiger partial charge in [-0.2, -0.15) is 13.2 Å². The van der Waals surface area contributed by atoms with Gasteiger partial charge < -0.3 is 10.0 Å². The van der Waals surface area contributed by atoms with Gasteiger partial charge in [-0.25, -0.2) is 0 Å². The third kappa shape index (κ3) is 3.25. The summed E-state index contributed by atoms with van der Waals surface area (Å²) in [5.74, 6) is -2.63. The Kier molecular flexibility index (Phi) is 4.27. The molecule has 1 N–H and O–H groups in total. The molecule has 0 spiro atoms. The van der Waals surface area contributed by atoms with Crippen molar-refractivity contribution in [3.8, 4) is 0 Å². The Bertz CT molecular complexity index is 659. The first-order valence-corrected chi connectivity index (χ1v) is 7.96. The van der Waals surface area contributed by atoms with Crippen LogP contribution in [0.4, 0.5) is 13.2 Å². The predicted molar refractivity (Wildman–Crippen MR) is 79.2 cm³/mol. The van der Waals surface area contributed by atoms with Crippen LogP contribution in [0.2, 0.25) is 0 Å². The van der Waals surface area contributed by atoms with Crippen LogP contribution in [0, 0.1) is 11.8 Å². The van der Waals surface area contributed by atoms with Crippen molar-refractivity contribution in [3.63, 3.8) is 0 Å². The number of halogens is 3. The maximum Gasteiger partial charge on any atom is 0.416 e. The number of likely N-dealkylation sites (tertiary alicyclic amines) is 1. The summed E-state index contributed by atoms with van der Waals surface area (Å²) in [4.78, 5) is 25.1. The third-order valence-corrected chi connectivity index (χ3v) is 4.86. The lowest BCUT2D eigenvalue weighted by Gasteiger charge is -2.31. The van der Waals surface area contributed by atoms with Crippen LogP contribution >= 0.6 is 0 Å². The first-order chi connectivity index (χ1) is 11.3. The van der Waals surface area contributed by atoms with Crippen LogP contribution < -0.4 is 0 Å². The minimum atomic E-state index is -4.44. The zero-order valence-electron chi connectivity index (χ0n) is 12.9. The zero-order chi connectivity index (χ0) is 17.5. The SMILES string of the molecule is O=C(O)[C@@H]1CCCN(C(=O)[C@@H]2C[C@H]2c2ccccc2C(F)(F)F)C1. The normalized spacial score (nSPS) is 27.0. The van der Waals surface area contributed by atoms with E-state index in [2.05, 4.69) is 0 Å². The molecular formula is C17H18F3NO3. The maximum absolute atomic E-state index is 13.1. The van der Waals surface area contributed by atoms with E-state index in [1.807, 2.05) is 0 Å². The quantitative estimate of drug-likeness (QED) is 0.919. The molecule has 0 radical (unpaired) electrons. The second-order valence-corrected chi connectivity index (χ2v) is 6.50. The van der Waals surface area contributed by atoms with E-state index in [9.17, 15) is 22.8 Å². The standard InChI is InChI=1S/C17H18F3NO3/c18-17(19,20)14-6-2-1-5-11(14)12-8-13(12)15(22)21-7-3-4-10(9-21)16(23)24/h1-2,5-6,10,12-13H,3-4,7-9H2,(H,23,24)/t10-,12+,13-/m1/s1. The highest BCUT2D eigenvalue weighted by Gasteiger charge is 2.49. The van der Waals surface area contributed by atoms with Gasteiger partial charge in [0.25, 0.3) is 0 Å². The number of alkyl halides is 3. The van der Waals surface area contributed by atoms with Gasteiger partial charge in [-0.05, 0) is 36.8 Å². The molecule has 0 aromatic heterocycles. The Morgan fingerprint density at radius 1 is 1.21 bits per heavy atom. The van der Waals surface area contributed by atoms with Crippen molar-refractivity contribution in [1.82, 2.24) is 4.90 Å². The van der Waals surface area contributed by atoms with E-state index in [1.165, 1.54) is 17.0 Å². The van der Waals surface area contributed by atoms with Crippen LogP contribution in [-0.4, -0.2) is 35.0 Å². The summed E-state index contributed by atoms with van der Waals surface area (Å²) in [6, 6.07) is 5.35. The second kappa shape index (κ2) is 6.11. The van der Waals surface area contributed by atoms with Gasteiger partial charge in [0, 0.05) is 19.0 Å². The zero-order valence-corrected chi connectivity index (χ0v) is 12.9. The fourth-order valence-corrected chi connectivity index (χ4v) is 3.50. The Morgan fingerprint density at radius 2 is 1.92 bits per heavy atom. The molecule has 24 heavy (non-hydrogen) atoms.